The summed E-state index contributed by atoms with van der Waals surface area (Å²) in [5, 5.41) is 0. The zero-order valence-electron chi connectivity index (χ0n) is 8.86. The Bertz CT molecular complexity index is 514. The Hall–Kier alpha value is -2.17. The minimum absolute atomic E-state index is 0.0828. The summed E-state index contributed by atoms with van der Waals surface area (Å²) in [6, 6.07) is 7.11. The minimum Gasteiger partial charge on any atom is -0.473 e. The lowest BCUT2D eigenvalue weighted by Gasteiger charge is -2.06. The number of pyridine rings is 1. The maximum atomic E-state index is 13.3. The molecule has 0 amide bonds. The number of anilines is 1. The summed E-state index contributed by atoms with van der Waals surface area (Å²) in [7, 11) is 0. The molecule has 0 atom stereocenters. The van der Waals surface area contributed by atoms with Crippen LogP contribution in [0.15, 0.2) is 36.5 Å². The largest absolute Gasteiger partial charge is 0.473 e. The van der Waals surface area contributed by atoms with E-state index < -0.39 is 11.6 Å². The molecule has 0 bridgehead atoms. The van der Waals surface area contributed by atoms with Crippen molar-refractivity contribution in [1.29, 1.82) is 0 Å². The second-order valence-corrected chi connectivity index (χ2v) is 3.43. The first-order valence-electron chi connectivity index (χ1n) is 4.94. The van der Waals surface area contributed by atoms with Gasteiger partial charge in [0.1, 0.15) is 6.61 Å². The Labute approximate surface area is 96.9 Å². The first kappa shape index (κ1) is 11.3. The van der Waals surface area contributed by atoms with E-state index in [4.69, 9.17) is 10.5 Å². The van der Waals surface area contributed by atoms with Crippen molar-refractivity contribution >= 4 is 5.69 Å². The third-order valence-electron chi connectivity index (χ3n) is 2.17. The van der Waals surface area contributed by atoms with Gasteiger partial charge >= 0.3 is 0 Å². The molecule has 0 aliphatic rings. The molecule has 0 unspecified atom stereocenters. The number of ether oxygens (including phenoxy) is 1. The maximum Gasteiger partial charge on any atom is 0.213 e. The van der Waals surface area contributed by atoms with Crippen LogP contribution in [0.3, 0.4) is 0 Å². The van der Waals surface area contributed by atoms with Gasteiger partial charge in [-0.3, -0.25) is 0 Å². The quantitative estimate of drug-likeness (QED) is 0.890. The standard InChI is InChI=1S/C12H10F2N2O/c13-10-3-1-2-8(12(10)14)7-17-11-5-4-9(15)6-16-11/h1-6H,7,15H2. The van der Waals surface area contributed by atoms with Gasteiger partial charge in [0.15, 0.2) is 11.6 Å². The zero-order valence-corrected chi connectivity index (χ0v) is 8.86. The molecule has 3 nitrogen and oxygen atoms in total. The molecule has 2 rings (SSSR count). The summed E-state index contributed by atoms with van der Waals surface area (Å²) in [6.07, 6.45) is 1.43. The summed E-state index contributed by atoms with van der Waals surface area (Å²) in [4.78, 5) is 3.88. The van der Waals surface area contributed by atoms with E-state index in [0.29, 0.717) is 11.6 Å². The summed E-state index contributed by atoms with van der Waals surface area (Å²) >= 11 is 0. The molecule has 5 heteroatoms. The van der Waals surface area contributed by atoms with Gasteiger partial charge in [0.2, 0.25) is 5.88 Å². The Balaban J connectivity index is 2.07. The fourth-order valence-electron chi connectivity index (χ4n) is 1.29. The van der Waals surface area contributed by atoms with E-state index in [9.17, 15) is 8.78 Å². The molecule has 2 aromatic rings. The predicted octanol–water partition coefficient (Wildman–Crippen LogP) is 2.52. The number of halogens is 2. The highest BCUT2D eigenvalue weighted by Crippen LogP contribution is 2.15. The van der Waals surface area contributed by atoms with Gasteiger partial charge in [-0.2, -0.15) is 0 Å². The Morgan fingerprint density at radius 3 is 2.71 bits per heavy atom. The second kappa shape index (κ2) is 4.78. The zero-order chi connectivity index (χ0) is 12.3. The molecule has 0 aliphatic heterocycles. The summed E-state index contributed by atoms with van der Waals surface area (Å²) in [5.74, 6) is -1.48. The maximum absolute atomic E-state index is 13.3. The van der Waals surface area contributed by atoms with E-state index in [1.807, 2.05) is 0 Å². The summed E-state index contributed by atoms with van der Waals surface area (Å²) in [6.45, 7) is -0.0828. The van der Waals surface area contributed by atoms with Crippen LogP contribution in [0.1, 0.15) is 5.56 Å². The molecule has 2 N–H and O–H groups in total. The third kappa shape index (κ3) is 2.69. The summed E-state index contributed by atoms with van der Waals surface area (Å²) in [5.41, 5.74) is 6.10. The van der Waals surface area contributed by atoms with Crippen LogP contribution >= 0.6 is 0 Å². The predicted molar refractivity (Wildman–Crippen MR) is 59.3 cm³/mol. The molecule has 1 aromatic carbocycles. The van der Waals surface area contributed by atoms with Crippen LogP contribution in [-0.4, -0.2) is 4.98 Å². The highest BCUT2D eigenvalue weighted by molar-refractivity contribution is 5.36. The SMILES string of the molecule is Nc1ccc(OCc2cccc(F)c2F)nc1. The van der Waals surface area contributed by atoms with Gasteiger partial charge in [-0.05, 0) is 12.1 Å². The molecule has 0 aliphatic carbocycles. The van der Waals surface area contributed by atoms with Crippen molar-refractivity contribution in [2.45, 2.75) is 6.61 Å². The van der Waals surface area contributed by atoms with Crippen LogP contribution in [0.4, 0.5) is 14.5 Å². The van der Waals surface area contributed by atoms with E-state index in [0.717, 1.165) is 6.07 Å². The van der Waals surface area contributed by atoms with Crippen LogP contribution in [-0.2, 0) is 6.61 Å². The highest BCUT2D eigenvalue weighted by Gasteiger charge is 2.08. The van der Waals surface area contributed by atoms with Crippen molar-refractivity contribution in [3.8, 4) is 5.88 Å². The molecule has 0 saturated heterocycles. The van der Waals surface area contributed by atoms with Gasteiger partial charge in [-0.25, -0.2) is 13.8 Å². The smallest absolute Gasteiger partial charge is 0.213 e. The molecular formula is C12H10F2N2O. The number of nitrogens with two attached hydrogens (primary N) is 1. The van der Waals surface area contributed by atoms with E-state index in [2.05, 4.69) is 4.98 Å². The first-order chi connectivity index (χ1) is 8.16. The Morgan fingerprint density at radius 1 is 1.18 bits per heavy atom. The van der Waals surface area contributed by atoms with Crippen LogP contribution in [0.25, 0.3) is 0 Å². The molecule has 1 heterocycles. The lowest BCUT2D eigenvalue weighted by atomic mass is 10.2. The molecule has 88 valence electrons. The summed E-state index contributed by atoms with van der Waals surface area (Å²) < 4.78 is 31.4. The normalized spacial score (nSPS) is 10.2. The monoisotopic (exact) mass is 236 g/mol. The van der Waals surface area contributed by atoms with Gasteiger partial charge in [0.25, 0.3) is 0 Å². The number of rotatable bonds is 3. The van der Waals surface area contributed by atoms with Gasteiger partial charge in [0, 0.05) is 11.6 Å². The molecular weight excluding hydrogens is 226 g/mol. The van der Waals surface area contributed by atoms with E-state index in [1.54, 1.807) is 12.1 Å². The van der Waals surface area contributed by atoms with Crippen LogP contribution in [0.2, 0.25) is 0 Å². The van der Waals surface area contributed by atoms with Crippen molar-refractivity contribution in [2.75, 3.05) is 5.73 Å². The number of nitrogens with zero attached hydrogens (tertiary/aromatic N) is 1. The first-order valence-corrected chi connectivity index (χ1v) is 4.94. The molecule has 0 fully saturated rings. The minimum atomic E-state index is -0.900. The fourth-order valence-corrected chi connectivity index (χ4v) is 1.29. The van der Waals surface area contributed by atoms with Crippen LogP contribution < -0.4 is 10.5 Å². The Morgan fingerprint density at radius 2 is 2.00 bits per heavy atom. The average molecular weight is 236 g/mol. The van der Waals surface area contributed by atoms with E-state index in [1.165, 1.54) is 18.3 Å². The van der Waals surface area contributed by atoms with Crippen molar-refractivity contribution in [3.05, 3.63) is 53.7 Å². The van der Waals surface area contributed by atoms with Crippen molar-refractivity contribution in [2.24, 2.45) is 0 Å². The van der Waals surface area contributed by atoms with Gasteiger partial charge in [0.05, 0.1) is 11.9 Å². The Kier molecular flexibility index (Phi) is 3.18. The van der Waals surface area contributed by atoms with E-state index in [-0.39, 0.29) is 12.2 Å². The van der Waals surface area contributed by atoms with Crippen molar-refractivity contribution < 1.29 is 13.5 Å². The van der Waals surface area contributed by atoms with Crippen molar-refractivity contribution in [3.63, 3.8) is 0 Å². The van der Waals surface area contributed by atoms with Crippen LogP contribution in [0, 0.1) is 11.6 Å². The lowest BCUT2D eigenvalue weighted by Crippen LogP contribution is -2.01. The van der Waals surface area contributed by atoms with Gasteiger partial charge in [-0.1, -0.05) is 12.1 Å². The number of hydrogen-bond acceptors (Lipinski definition) is 3. The highest BCUT2D eigenvalue weighted by atomic mass is 19.2. The molecule has 0 spiro atoms. The molecule has 1 aromatic heterocycles. The van der Waals surface area contributed by atoms with Gasteiger partial charge in [-0.15, -0.1) is 0 Å². The van der Waals surface area contributed by atoms with Crippen LogP contribution in [0.5, 0.6) is 5.88 Å². The molecule has 0 radical (unpaired) electrons. The van der Waals surface area contributed by atoms with Crippen molar-refractivity contribution in [1.82, 2.24) is 4.98 Å². The number of aromatic nitrogens is 1. The number of hydrogen-bond donors (Lipinski definition) is 1. The lowest BCUT2D eigenvalue weighted by molar-refractivity contribution is 0.286. The second-order valence-electron chi connectivity index (χ2n) is 3.43. The molecule has 0 saturated carbocycles. The third-order valence-corrected chi connectivity index (χ3v) is 2.17. The number of benzene rings is 1. The van der Waals surface area contributed by atoms with Gasteiger partial charge < -0.3 is 10.5 Å². The molecule has 17 heavy (non-hydrogen) atoms. The fraction of sp³-hybridized carbons (Fsp3) is 0.0833. The number of nitrogen functional groups attached to an aromatic ring is 1. The topological polar surface area (TPSA) is 48.1 Å². The van der Waals surface area contributed by atoms with E-state index >= 15 is 0 Å². The average Bonchev–Trinajstić information content (AvgIpc) is 2.33.